The molecule has 0 radical (unpaired) electrons. The minimum absolute atomic E-state index is 0.316. The molecule has 0 atom stereocenters. The van der Waals surface area contributed by atoms with Gasteiger partial charge in [-0.25, -0.2) is 0 Å². The topological polar surface area (TPSA) is 49.7 Å². The van der Waals surface area contributed by atoms with Gasteiger partial charge in [0.2, 0.25) is 0 Å². The minimum atomic E-state index is -0.380. The molecule has 2 N–H and O–H groups in total. The van der Waals surface area contributed by atoms with Crippen LogP contribution < -0.4 is 0 Å². The van der Waals surface area contributed by atoms with E-state index in [2.05, 4.69) is 0 Å². The minimum Gasteiger partial charge on any atom is -0.392 e. The number of aliphatic hydroxyl groups excluding tert-OH is 2. The Morgan fingerprint density at radius 2 is 1.13 bits per heavy atom. The van der Waals surface area contributed by atoms with Crippen LogP contribution in [0, 0.1) is 10.8 Å². The number of rotatable bonds is 2. The van der Waals surface area contributed by atoms with Gasteiger partial charge in [-0.3, -0.25) is 0 Å². The van der Waals surface area contributed by atoms with Gasteiger partial charge in [0.1, 0.15) is 0 Å². The highest BCUT2D eigenvalue weighted by Crippen LogP contribution is 2.53. The molecule has 0 amide bonds. The van der Waals surface area contributed by atoms with E-state index < -0.39 is 0 Å². The molecule has 0 spiro atoms. The lowest BCUT2D eigenvalue weighted by Crippen LogP contribution is -2.67. The second-order valence-electron chi connectivity index (χ2n) is 5.23. The third-order valence-corrected chi connectivity index (χ3v) is 3.23. The van der Waals surface area contributed by atoms with Gasteiger partial charge < -0.3 is 14.9 Å². The maximum atomic E-state index is 9.51. The van der Waals surface area contributed by atoms with E-state index in [-0.39, 0.29) is 23.0 Å². The van der Waals surface area contributed by atoms with Crippen LogP contribution in [0.15, 0.2) is 0 Å². The second kappa shape index (κ2) is 5.28. The van der Waals surface area contributed by atoms with Crippen LogP contribution in [0.25, 0.3) is 0 Å². The van der Waals surface area contributed by atoms with E-state index in [0.717, 1.165) is 13.2 Å². The second-order valence-corrected chi connectivity index (χ2v) is 5.23. The first kappa shape index (κ1) is 14.9. The summed E-state index contributed by atoms with van der Waals surface area (Å²) in [5.74, 6) is 0. The largest absolute Gasteiger partial charge is 0.392 e. The summed E-state index contributed by atoms with van der Waals surface area (Å²) in [6, 6.07) is 0. The third kappa shape index (κ3) is 2.92. The van der Waals surface area contributed by atoms with Crippen molar-refractivity contribution in [3.63, 3.8) is 0 Å². The first-order chi connectivity index (χ1) is 6.72. The fourth-order valence-corrected chi connectivity index (χ4v) is 2.32. The Bertz CT molecular complexity index is 155. The molecule has 1 rings (SSSR count). The number of aliphatic hydroxyl groups is 2. The van der Waals surface area contributed by atoms with Crippen molar-refractivity contribution < 1.29 is 14.9 Å². The van der Waals surface area contributed by atoms with Gasteiger partial charge in [0, 0.05) is 24.0 Å². The van der Waals surface area contributed by atoms with Gasteiger partial charge in [-0.15, -0.1) is 0 Å². The summed E-state index contributed by atoms with van der Waals surface area (Å²) in [7, 11) is 0. The summed E-state index contributed by atoms with van der Waals surface area (Å²) >= 11 is 0. The van der Waals surface area contributed by atoms with Crippen molar-refractivity contribution in [3.05, 3.63) is 0 Å². The highest BCUT2D eigenvalue weighted by Gasteiger charge is 2.60. The zero-order chi connectivity index (χ0) is 12.3. The fraction of sp³-hybridized carbons (Fsp3) is 1.00. The normalized spacial score (nSPS) is 31.2. The Morgan fingerprint density at radius 3 is 1.20 bits per heavy atom. The molecule has 0 aliphatic heterocycles. The highest BCUT2D eigenvalue weighted by molar-refractivity contribution is 5.09. The Kier molecular flexibility index (Phi) is 5.24. The van der Waals surface area contributed by atoms with Crippen molar-refractivity contribution in [2.45, 2.75) is 53.8 Å². The van der Waals surface area contributed by atoms with Gasteiger partial charge in [0.25, 0.3) is 0 Å². The Labute approximate surface area is 93.5 Å². The number of hydrogen-bond acceptors (Lipinski definition) is 3. The molecular weight excluding hydrogens is 192 g/mol. The van der Waals surface area contributed by atoms with Crippen molar-refractivity contribution in [1.29, 1.82) is 0 Å². The summed E-state index contributed by atoms with van der Waals surface area (Å²) in [6.45, 7) is 13.2. The molecule has 0 bridgehead atoms. The average molecular weight is 218 g/mol. The zero-order valence-corrected chi connectivity index (χ0v) is 10.9. The molecule has 3 nitrogen and oxygen atoms in total. The zero-order valence-electron chi connectivity index (χ0n) is 10.9. The van der Waals surface area contributed by atoms with E-state index >= 15 is 0 Å². The number of ether oxygens (including phenoxy) is 1. The van der Waals surface area contributed by atoms with Crippen LogP contribution in [0.5, 0.6) is 0 Å². The molecule has 0 saturated heterocycles. The fourth-order valence-electron chi connectivity index (χ4n) is 2.32. The summed E-state index contributed by atoms with van der Waals surface area (Å²) in [5, 5.41) is 19.0. The third-order valence-electron chi connectivity index (χ3n) is 3.23. The lowest BCUT2D eigenvalue weighted by atomic mass is 9.51. The van der Waals surface area contributed by atoms with Gasteiger partial charge in [-0.2, -0.15) is 0 Å². The smallest absolute Gasteiger partial charge is 0.0691 e. The lowest BCUT2D eigenvalue weighted by molar-refractivity contribution is -0.247. The van der Waals surface area contributed by atoms with Gasteiger partial charge in [0.15, 0.2) is 0 Å². The highest BCUT2D eigenvalue weighted by atomic mass is 16.5. The van der Waals surface area contributed by atoms with E-state index in [4.69, 9.17) is 4.74 Å². The lowest BCUT2D eigenvalue weighted by Gasteiger charge is -2.59. The summed E-state index contributed by atoms with van der Waals surface area (Å²) < 4.78 is 4.83. The van der Waals surface area contributed by atoms with Crippen LogP contribution in [0.2, 0.25) is 0 Å². The molecule has 1 saturated carbocycles. The van der Waals surface area contributed by atoms with Crippen LogP contribution in [0.1, 0.15) is 41.5 Å². The van der Waals surface area contributed by atoms with Gasteiger partial charge in [-0.05, 0) is 13.8 Å². The summed E-state index contributed by atoms with van der Waals surface area (Å²) in [6.07, 6.45) is -0.759. The van der Waals surface area contributed by atoms with Gasteiger partial charge in [0.05, 0.1) is 12.2 Å². The first-order valence-corrected chi connectivity index (χ1v) is 5.66. The predicted octanol–water partition coefficient (Wildman–Crippen LogP) is 1.82. The van der Waals surface area contributed by atoms with E-state index in [1.807, 2.05) is 41.5 Å². The molecule has 3 heteroatoms. The predicted molar refractivity (Wildman–Crippen MR) is 61.7 cm³/mol. The SMILES string of the molecule is CC1(C)C(O)C(C)(C)C1O.CCOCC. The molecule has 0 aromatic heterocycles. The molecule has 15 heavy (non-hydrogen) atoms. The van der Waals surface area contributed by atoms with E-state index in [9.17, 15) is 10.2 Å². The standard InChI is InChI=1S/C8H16O2.C4H10O/c1-7(2)5(9)8(3,4)6(7)10;1-3-5-4-2/h5-6,9-10H,1-4H3;3-4H2,1-2H3. The molecule has 1 fully saturated rings. The van der Waals surface area contributed by atoms with Gasteiger partial charge in [-0.1, -0.05) is 27.7 Å². The number of hydrogen-bond donors (Lipinski definition) is 2. The van der Waals surface area contributed by atoms with Crippen LogP contribution in [0.4, 0.5) is 0 Å². The quantitative estimate of drug-likeness (QED) is 0.743. The van der Waals surface area contributed by atoms with Gasteiger partial charge >= 0.3 is 0 Å². The molecule has 1 aliphatic carbocycles. The molecule has 1 aliphatic rings. The Hall–Kier alpha value is -0.120. The maximum absolute atomic E-state index is 9.51. The van der Waals surface area contributed by atoms with Crippen LogP contribution in [-0.2, 0) is 4.74 Å². The van der Waals surface area contributed by atoms with Crippen molar-refractivity contribution in [2.24, 2.45) is 10.8 Å². The monoisotopic (exact) mass is 218 g/mol. The molecule has 92 valence electrons. The molecule has 0 aromatic rings. The van der Waals surface area contributed by atoms with E-state index in [1.165, 1.54) is 0 Å². The van der Waals surface area contributed by atoms with Crippen LogP contribution in [-0.4, -0.2) is 35.6 Å². The van der Waals surface area contributed by atoms with Crippen LogP contribution in [0.3, 0.4) is 0 Å². The summed E-state index contributed by atoms with van der Waals surface area (Å²) in [5.41, 5.74) is -0.632. The first-order valence-electron chi connectivity index (χ1n) is 5.66. The molecule has 0 heterocycles. The van der Waals surface area contributed by atoms with Crippen LogP contribution >= 0.6 is 0 Å². The summed E-state index contributed by atoms with van der Waals surface area (Å²) in [4.78, 5) is 0. The Balaban J connectivity index is 0.000000336. The van der Waals surface area contributed by atoms with Crippen molar-refractivity contribution in [2.75, 3.05) is 13.2 Å². The van der Waals surface area contributed by atoms with Crippen molar-refractivity contribution in [1.82, 2.24) is 0 Å². The molecule has 0 unspecified atom stereocenters. The average Bonchev–Trinajstić information content (AvgIpc) is 2.17. The van der Waals surface area contributed by atoms with Crippen molar-refractivity contribution >= 4 is 0 Å². The van der Waals surface area contributed by atoms with E-state index in [1.54, 1.807) is 0 Å². The molecule has 0 aromatic carbocycles. The maximum Gasteiger partial charge on any atom is 0.0691 e. The Morgan fingerprint density at radius 1 is 0.867 bits per heavy atom. The van der Waals surface area contributed by atoms with E-state index in [0.29, 0.717) is 0 Å². The molecular formula is C12H26O3. The van der Waals surface area contributed by atoms with Crippen molar-refractivity contribution in [3.8, 4) is 0 Å².